The Kier molecular flexibility index (Phi) is 3.54. The number of hydrogen-bond donors (Lipinski definition) is 2. The van der Waals surface area contributed by atoms with Crippen LogP contribution in [-0.2, 0) is 9.59 Å². The largest absolute Gasteiger partial charge is 0.481 e. The number of hydrogen-bond acceptors (Lipinski definition) is 4. The standard InChI is InChI=1S/C13H17NO6/c1-2-7-3-8-5-13(6-14(19)20,9(8)4-7)10(11(15)16)12(17)18/h4,8-10H,2-3,5-6H2,1H3,(H,15,16)(H,17,18). The molecule has 0 aliphatic heterocycles. The molecule has 0 amide bonds. The molecule has 3 atom stereocenters. The van der Waals surface area contributed by atoms with Crippen LogP contribution in [0.25, 0.3) is 0 Å². The number of fused-ring (bicyclic) bond motifs is 1. The first-order valence-corrected chi connectivity index (χ1v) is 6.58. The van der Waals surface area contributed by atoms with Crippen molar-refractivity contribution in [1.29, 1.82) is 0 Å². The zero-order valence-electron chi connectivity index (χ0n) is 11.1. The molecule has 0 radical (unpaired) electrons. The number of aliphatic carboxylic acids is 2. The molecule has 0 spiro atoms. The molecule has 3 unspecified atom stereocenters. The number of allylic oxidation sites excluding steroid dienone is 2. The van der Waals surface area contributed by atoms with Crippen molar-refractivity contribution in [3.8, 4) is 0 Å². The minimum Gasteiger partial charge on any atom is -0.481 e. The van der Waals surface area contributed by atoms with E-state index in [4.69, 9.17) is 0 Å². The molecule has 2 N–H and O–H groups in total. The van der Waals surface area contributed by atoms with E-state index in [2.05, 4.69) is 0 Å². The smallest absolute Gasteiger partial charge is 0.318 e. The summed E-state index contributed by atoms with van der Waals surface area (Å²) in [6.07, 6.45) is 3.78. The van der Waals surface area contributed by atoms with Gasteiger partial charge >= 0.3 is 11.9 Å². The molecule has 7 heteroatoms. The Hall–Kier alpha value is -1.92. The van der Waals surface area contributed by atoms with Gasteiger partial charge in [-0.15, -0.1) is 0 Å². The van der Waals surface area contributed by atoms with E-state index >= 15 is 0 Å². The fourth-order valence-corrected chi connectivity index (χ4v) is 3.89. The first-order chi connectivity index (χ1) is 9.31. The van der Waals surface area contributed by atoms with Crippen LogP contribution in [0.3, 0.4) is 0 Å². The SMILES string of the molecule is CCC1=CC2C(C1)CC2(C[N+](=O)[O-])C(C(=O)O)C(=O)O. The Balaban J connectivity index is 2.38. The van der Waals surface area contributed by atoms with Crippen molar-refractivity contribution in [2.24, 2.45) is 23.2 Å². The second-order valence-corrected chi connectivity index (χ2v) is 5.71. The van der Waals surface area contributed by atoms with Gasteiger partial charge in [-0.1, -0.05) is 18.6 Å². The topological polar surface area (TPSA) is 118 Å². The highest BCUT2D eigenvalue weighted by atomic mass is 16.6. The minimum absolute atomic E-state index is 0.158. The van der Waals surface area contributed by atoms with Crippen LogP contribution in [0.4, 0.5) is 0 Å². The summed E-state index contributed by atoms with van der Waals surface area (Å²) in [7, 11) is 0. The average Bonchev–Trinajstić information content (AvgIpc) is 2.64. The van der Waals surface area contributed by atoms with Crippen LogP contribution >= 0.6 is 0 Å². The molecule has 1 saturated carbocycles. The third kappa shape index (κ3) is 2.07. The Labute approximate surface area is 115 Å². The lowest BCUT2D eigenvalue weighted by Crippen LogP contribution is -2.58. The summed E-state index contributed by atoms with van der Waals surface area (Å²) >= 11 is 0. The number of carboxylic acid groups (broad SMARTS) is 2. The molecular formula is C13H17NO6. The summed E-state index contributed by atoms with van der Waals surface area (Å²) in [5, 5.41) is 29.2. The predicted octanol–water partition coefficient (Wildman–Crippen LogP) is 1.41. The monoisotopic (exact) mass is 283 g/mol. The highest BCUT2D eigenvalue weighted by molar-refractivity contribution is 5.94. The Morgan fingerprint density at radius 1 is 1.50 bits per heavy atom. The molecule has 0 saturated heterocycles. The maximum atomic E-state index is 11.3. The molecule has 110 valence electrons. The van der Waals surface area contributed by atoms with Gasteiger partial charge in [0, 0.05) is 4.92 Å². The van der Waals surface area contributed by atoms with Gasteiger partial charge < -0.3 is 10.2 Å². The molecule has 0 aromatic heterocycles. The van der Waals surface area contributed by atoms with Gasteiger partial charge in [0.1, 0.15) is 0 Å². The van der Waals surface area contributed by atoms with E-state index in [1.54, 1.807) is 0 Å². The molecule has 1 fully saturated rings. The Morgan fingerprint density at radius 3 is 2.55 bits per heavy atom. The van der Waals surface area contributed by atoms with Crippen molar-refractivity contribution < 1.29 is 24.7 Å². The molecular weight excluding hydrogens is 266 g/mol. The Morgan fingerprint density at radius 2 is 2.10 bits per heavy atom. The molecule has 0 heterocycles. The average molecular weight is 283 g/mol. The van der Waals surface area contributed by atoms with Gasteiger partial charge in [0.2, 0.25) is 6.54 Å². The van der Waals surface area contributed by atoms with E-state index in [1.807, 2.05) is 13.0 Å². The maximum Gasteiger partial charge on any atom is 0.318 e. The molecule has 0 bridgehead atoms. The van der Waals surface area contributed by atoms with E-state index in [-0.39, 0.29) is 11.8 Å². The lowest BCUT2D eigenvalue weighted by molar-refractivity contribution is -0.508. The van der Waals surface area contributed by atoms with Crippen LogP contribution in [0.2, 0.25) is 0 Å². The second-order valence-electron chi connectivity index (χ2n) is 5.71. The van der Waals surface area contributed by atoms with Crippen LogP contribution < -0.4 is 0 Å². The third-order valence-electron chi connectivity index (χ3n) is 4.70. The minimum atomic E-state index is -1.72. The quantitative estimate of drug-likeness (QED) is 0.329. The van der Waals surface area contributed by atoms with E-state index in [1.165, 1.54) is 0 Å². The number of nitro groups is 1. The molecule has 0 aromatic rings. The van der Waals surface area contributed by atoms with E-state index < -0.39 is 34.7 Å². The van der Waals surface area contributed by atoms with Gasteiger partial charge in [-0.2, -0.15) is 0 Å². The number of carboxylic acids is 2. The lowest BCUT2D eigenvalue weighted by atomic mass is 9.49. The molecule has 20 heavy (non-hydrogen) atoms. The van der Waals surface area contributed by atoms with Crippen LogP contribution in [0.1, 0.15) is 26.2 Å². The van der Waals surface area contributed by atoms with Crippen molar-refractivity contribution in [1.82, 2.24) is 0 Å². The number of rotatable bonds is 6. The van der Waals surface area contributed by atoms with Gasteiger partial charge in [-0.3, -0.25) is 19.7 Å². The second kappa shape index (κ2) is 4.88. The van der Waals surface area contributed by atoms with E-state index in [9.17, 15) is 29.9 Å². The number of carbonyl (C=O) groups is 2. The van der Waals surface area contributed by atoms with Crippen LogP contribution in [0, 0.1) is 33.3 Å². The van der Waals surface area contributed by atoms with Crippen molar-refractivity contribution in [2.45, 2.75) is 26.2 Å². The molecule has 2 rings (SSSR count). The van der Waals surface area contributed by atoms with Gasteiger partial charge in [-0.05, 0) is 31.1 Å². The Bertz CT molecular complexity index is 485. The first-order valence-electron chi connectivity index (χ1n) is 6.58. The summed E-state index contributed by atoms with van der Waals surface area (Å²) in [5.74, 6) is -4.85. The maximum absolute atomic E-state index is 11.3. The van der Waals surface area contributed by atoms with Gasteiger partial charge in [0.15, 0.2) is 5.92 Å². The van der Waals surface area contributed by atoms with E-state index in [0.717, 1.165) is 18.4 Å². The molecule has 0 aromatic carbocycles. The summed E-state index contributed by atoms with van der Waals surface area (Å²) in [5.41, 5.74) is -0.150. The van der Waals surface area contributed by atoms with Gasteiger partial charge in [0.25, 0.3) is 0 Å². The van der Waals surface area contributed by atoms with Crippen molar-refractivity contribution in [3.05, 3.63) is 21.8 Å². The van der Waals surface area contributed by atoms with Gasteiger partial charge in [0.05, 0.1) is 5.41 Å². The predicted molar refractivity (Wildman–Crippen MR) is 67.6 cm³/mol. The third-order valence-corrected chi connectivity index (χ3v) is 4.70. The zero-order valence-corrected chi connectivity index (χ0v) is 11.1. The van der Waals surface area contributed by atoms with Crippen molar-refractivity contribution in [2.75, 3.05) is 6.54 Å². The highest BCUT2D eigenvalue weighted by Crippen LogP contribution is 2.62. The number of nitrogens with zero attached hydrogens (tertiary/aromatic N) is 1. The van der Waals surface area contributed by atoms with Crippen molar-refractivity contribution in [3.63, 3.8) is 0 Å². The fraction of sp³-hybridized carbons (Fsp3) is 0.692. The summed E-state index contributed by atoms with van der Waals surface area (Å²) < 4.78 is 0. The first kappa shape index (κ1) is 14.5. The van der Waals surface area contributed by atoms with E-state index in [0.29, 0.717) is 6.42 Å². The summed E-state index contributed by atoms with van der Waals surface area (Å²) in [4.78, 5) is 32.9. The molecule has 2 aliphatic carbocycles. The van der Waals surface area contributed by atoms with Crippen LogP contribution in [0.15, 0.2) is 11.6 Å². The summed E-state index contributed by atoms with van der Waals surface area (Å²) in [6, 6.07) is 0. The normalized spacial score (nSPS) is 31.4. The van der Waals surface area contributed by atoms with Crippen LogP contribution in [0.5, 0.6) is 0 Å². The zero-order chi connectivity index (χ0) is 15.1. The van der Waals surface area contributed by atoms with Gasteiger partial charge in [-0.25, -0.2) is 0 Å². The highest BCUT2D eigenvalue weighted by Gasteiger charge is 2.65. The van der Waals surface area contributed by atoms with Crippen molar-refractivity contribution >= 4 is 11.9 Å². The lowest BCUT2D eigenvalue weighted by Gasteiger charge is -2.51. The molecule has 2 aliphatic rings. The summed E-state index contributed by atoms with van der Waals surface area (Å²) in [6.45, 7) is 1.36. The fourth-order valence-electron chi connectivity index (χ4n) is 3.89. The molecule has 7 nitrogen and oxygen atoms in total. The van der Waals surface area contributed by atoms with Crippen LogP contribution in [-0.4, -0.2) is 33.6 Å².